The molecule has 3 heteroatoms. The van der Waals surface area contributed by atoms with Crippen molar-refractivity contribution in [2.45, 2.75) is 32.1 Å². The van der Waals surface area contributed by atoms with Crippen LogP contribution in [0, 0.1) is 6.92 Å². The van der Waals surface area contributed by atoms with E-state index in [-0.39, 0.29) is 5.38 Å². The molecule has 0 aliphatic carbocycles. The lowest BCUT2D eigenvalue weighted by atomic mass is 10.0. The largest absolute Gasteiger partial charge is 0.143 e. The number of benzene rings is 1. The van der Waals surface area contributed by atoms with E-state index in [0.29, 0.717) is 5.92 Å². The summed E-state index contributed by atoms with van der Waals surface area (Å²) in [4.78, 5) is 2.47. The van der Waals surface area contributed by atoms with Crippen LogP contribution in [0.15, 0.2) is 34.8 Å². The maximum Gasteiger partial charge on any atom is 0.0939 e. The fraction of sp³-hybridized carbons (Fsp3) is 0.333. The van der Waals surface area contributed by atoms with E-state index in [9.17, 15) is 0 Å². The smallest absolute Gasteiger partial charge is 0.0939 e. The molecule has 0 saturated heterocycles. The fourth-order valence-electron chi connectivity index (χ4n) is 1.88. The lowest BCUT2D eigenvalue weighted by Gasteiger charge is -2.11. The molecule has 0 spiro atoms. The van der Waals surface area contributed by atoms with E-state index in [1.165, 1.54) is 15.3 Å². The average Bonchev–Trinajstić information content (AvgIpc) is 2.67. The Labute approximate surface area is 126 Å². The number of halogens is 2. The van der Waals surface area contributed by atoms with E-state index in [0.717, 1.165) is 10.0 Å². The molecule has 1 atom stereocenters. The fourth-order valence-corrected chi connectivity index (χ4v) is 4.29. The number of hydrogen-bond donors (Lipinski definition) is 0. The standard InChI is InChI=1S/C15H16BrClS/c1-9(2)11-4-6-12(7-5-11)14(17)15-13(16)8-10(3)18-15/h4-9,14H,1-3H3. The highest BCUT2D eigenvalue weighted by atomic mass is 79.9. The summed E-state index contributed by atoms with van der Waals surface area (Å²) in [5.41, 5.74) is 2.51. The number of alkyl halides is 1. The van der Waals surface area contributed by atoms with Gasteiger partial charge in [0.25, 0.3) is 0 Å². The van der Waals surface area contributed by atoms with Crippen molar-refractivity contribution in [3.8, 4) is 0 Å². The van der Waals surface area contributed by atoms with Crippen LogP contribution in [-0.2, 0) is 0 Å². The van der Waals surface area contributed by atoms with Gasteiger partial charge in [0, 0.05) is 14.2 Å². The van der Waals surface area contributed by atoms with E-state index < -0.39 is 0 Å². The minimum Gasteiger partial charge on any atom is -0.143 e. The third-order valence-corrected chi connectivity index (χ3v) is 5.60. The number of hydrogen-bond acceptors (Lipinski definition) is 1. The van der Waals surface area contributed by atoms with Gasteiger partial charge in [0.15, 0.2) is 0 Å². The van der Waals surface area contributed by atoms with Gasteiger partial charge >= 0.3 is 0 Å². The van der Waals surface area contributed by atoms with Crippen LogP contribution < -0.4 is 0 Å². The first-order chi connectivity index (χ1) is 8.49. The average molecular weight is 344 g/mol. The molecular formula is C15H16BrClS. The number of rotatable bonds is 3. The Morgan fingerprint density at radius 1 is 1.11 bits per heavy atom. The third-order valence-electron chi connectivity index (χ3n) is 2.96. The van der Waals surface area contributed by atoms with Crippen molar-refractivity contribution >= 4 is 38.9 Å². The molecule has 0 bridgehead atoms. The molecule has 0 nitrogen and oxygen atoms in total. The second-order valence-electron chi connectivity index (χ2n) is 4.75. The van der Waals surface area contributed by atoms with Gasteiger partial charge in [-0.3, -0.25) is 0 Å². The van der Waals surface area contributed by atoms with Crippen molar-refractivity contribution in [3.63, 3.8) is 0 Å². The lowest BCUT2D eigenvalue weighted by Crippen LogP contribution is -1.93. The van der Waals surface area contributed by atoms with Gasteiger partial charge in [-0.25, -0.2) is 0 Å². The van der Waals surface area contributed by atoms with Crippen molar-refractivity contribution in [2.24, 2.45) is 0 Å². The minimum absolute atomic E-state index is 0.0701. The van der Waals surface area contributed by atoms with Crippen LogP contribution >= 0.6 is 38.9 Å². The maximum absolute atomic E-state index is 6.56. The Hall–Kier alpha value is -0.310. The molecule has 1 aromatic carbocycles. The summed E-state index contributed by atoms with van der Waals surface area (Å²) in [5.74, 6) is 0.559. The summed E-state index contributed by atoms with van der Waals surface area (Å²) in [6, 6.07) is 10.7. The zero-order valence-corrected chi connectivity index (χ0v) is 13.9. The van der Waals surface area contributed by atoms with Crippen molar-refractivity contribution in [3.05, 3.63) is 55.7 Å². The van der Waals surface area contributed by atoms with Gasteiger partial charge in [-0.15, -0.1) is 22.9 Å². The second kappa shape index (κ2) is 5.77. The third kappa shape index (κ3) is 2.98. The Balaban J connectivity index is 2.28. The molecule has 0 saturated carbocycles. The monoisotopic (exact) mass is 342 g/mol. The molecule has 1 unspecified atom stereocenters. The molecule has 1 heterocycles. The lowest BCUT2D eigenvalue weighted by molar-refractivity contribution is 0.865. The summed E-state index contributed by atoms with van der Waals surface area (Å²) in [7, 11) is 0. The van der Waals surface area contributed by atoms with Crippen molar-refractivity contribution in [1.29, 1.82) is 0 Å². The highest BCUT2D eigenvalue weighted by molar-refractivity contribution is 9.10. The van der Waals surface area contributed by atoms with Crippen LogP contribution in [0.2, 0.25) is 0 Å². The van der Waals surface area contributed by atoms with Gasteiger partial charge in [0.2, 0.25) is 0 Å². The van der Waals surface area contributed by atoms with E-state index in [4.69, 9.17) is 11.6 Å². The first kappa shape index (κ1) is 14.1. The molecule has 96 valence electrons. The van der Waals surface area contributed by atoms with Gasteiger partial charge in [0.1, 0.15) is 0 Å². The van der Waals surface area contributed by atoms with Crippen molar-refractivity contribution in [1.82, 2.24) is 0 Å². The summed E-state index contributed by atoms with van der Waals surface area (Å²) < 4.78 is 1.11. The van der Waals surface area contributed by atoms with Crippen molar-refractivity contribution in [2.75, 3.05) is 0 Å². The molecule has 0 amide bonds. The van der Waals surface area contributed by atoms with Crippen molar-refractivity contribution < 1.29 is 0 Å². The Morgan fingerprint density at radius 2 is 1.67 bits per heavy atom. The molecule has 0 aliphatic rings. The molecule has 0 N–H and O–H groups in total. The minimum atomic E-state index is -0.0701. The van der Waals surface area contributed by atoms with Crippen LogP contribution in [-0.4, -0.2) is 0 Å². The first-order valence-electron chi connectivity index (χ1n) is 5.98. The van der Waals surface area contributed by atoms with Gasteiger partial charge in [-0.2, -0.15) is 0 Å². The van der Waals surface area contributed by atoms with Gasteiger partial charge in [0.05, 0.1) is 5.38 Å². The van der Waals surface area contributed by atoms with Crippen LogP contribution in [0.3, 0.4) is 0 Å². The molecular weight excluding hydrogens is 328 g/mol. The summed E-state index contributed by atoms with van der Waals surface area (Å²) >= 11 is 11.9. The molecule has 0 aliphatic heterocycles. The van der Waals surface area contributed by atoms with Crippen LogP contribution in [0.4, 0.5) is 0 Å². The van der Waals surface area contributed by atoms with Gasteiger partial charge in [-0.05, 0) is 46.0 Å². The zero-order chi connectivity index (χ0) is 13.3. The Morgan fingerprint density at radius 3 is 2.11 bits per heavy atom. The van der Waals surface area contributed by atoms with Gasteiger partial charge in [-0.1, -0.05) is 38.1 Å². The SMILES string of the molecule is Cc1cc(Br)c(C(Cl)c2ccc(C(C)C)cc2)s1. The highest BCUT2D eigenvalue weighted by Gasteiger charge is 2.16. The molecule has 0 fully saturated rings. The molecule has 2 rings (SSSR count). The first-order valence-corrected chi connectivity index (χ1v) is 8.03. The van der Waals surface area contributed by atoms with Crippen LogP contribution in [0.5, 0.6) is 0 Å². The maximum atomic E-state index is 6.56. The van der Waals surface area contributed by atoms with E-state index in [1.807, 2.05) is 0 Å². The molecule has 18 heavy (non-hydrogen) atoms. The Kier molecular flexibility index (Phi) is 4.52. The normalized spacial score (nSPS) is 13.0. The topological polar surface area (TPSA) is 0 Å². The zero-order valence-electron chi connectivity index (χ0n) is 10.7. The molecule has 2 aromatic rings. The predicted octanol–water partition coefficient (Wildman–Crippen LogP) is 6.27. The summed E-state index contributed by atoms with van der Waals surface area (Å²) in [5, 5.41) is -0.0701. The van der Waals surface area contributed by atoms with Crippen LogP contribution in [0.25, 0.3) is 0 Å². The highest BCUT2D eigenvalue weighted by Crippen LogP contribution is 2.39. The number of thiophene rings is 1. The molecule has 1 aromatic heterocycles. The molecule has 0 radical (unpaired) electrons. The van der Waals surface area contributed by atoms with Gasteiger partial charge < -0.3 is 0 Å². The quantitative estimate of drug-likeness (QED) is 0.576. The summed E-state index contributed by atoms with van der Waals surface area (Å²) in [6.45, 7) is 6.50. The summed E-state index contributed by atoms with van der Waals surface area (Å²) in [6.07, 6.45) is 0. The predicted molar refractivity (Wildman–Crippen MR) is 85.0 cm³/mol. The van der Waals surface area contributed by atoms with E-state index in [2.05, 4.69) is 67.0 Å². The number of aryl methyl sites for hydroxylation is 1. The van der Waals surface area contributed by atoms with E-state index in [1.54, 1.807) is 11.3 Å². The Bertz CT molecular complexity index is 528. The van der Waals surface area contributed by atoms with Crippen LogP contribution in [0.1, 0.15) is 46.0 Å². The second-order valence-corrected chi connectivity index (χ2v) is 7.33. The van der Waals surface area contributed by atoms with E-state index >= 15 is 0 Å².